The summed E-state index contributed by atoms with van der Waals surface area (Å²) in [5.41, 5.74) is -0.105. The number of ether oxygens (including phenoxy) is 1. The Hall–Kier alpha value is -1.62. The highest BCUT2D eigenvalue weighted by Gasteiger charge is 2.26. The van der Waals surface area contributed by atoms with Gasteiger partial charge in [0.15, 0.2) is 0 Å². The average Bonchev–Trinajstić information content (AvgIpc) is 2.63. The van der Waals surface area contributed by atoms with Gasteiger partial charge in [0, 0.05) is 0 Å². The molecular formula is C15H20FNO3. The summed E-state index contributed by atoms with van der Waals surface area (Å²) in [7, 11) is 1.39. The maximum absolute atomic E-state index is 13.8. The summed E-state index contributed by atoms with van der Waals surface area (Å²) in [4.78, 5) is 12.2. The number of hydrogen-bond donors (Lipinski definition) is 2. The predicted octanol–water partition coefficient (Wildman–Crippen LogP) is 2.26. The summed E-state index contributed by atoms with van der Waals surface area (Å²) < 4.78 is 18.8. The third-order valence-corrected chi connectivity index (χ3v) is 3.72. The smallest absolute Gasteiger partial charge is 0.258 e. The number of rotatable bonds is 3. The zero-order valence-corrected chi connectivity index (χ0v) is 11.6. The van der Waals surface area contributed by atoms with Crippen molar-refractivity contribution < 1.29 is 19.0 Å². The first-order valence-corrected chi connectivity index (χ1v) is 6.95. The molecule has 1 amide bonds. The van der Waals surface area contributed by atoms with Gasteiger partial charge in [-0.25, -0.2) is 4.39 Å². The normalized spacial score (nSPS) is 22.9. The van der Waals surface area contributed by atoms with Gasteiger partial charge in [-0.2, -0.15) is 0 Å². The van der Waals surface area contributed by atoms with E-state index >= 15 is 0 Å². The molecule has 0 saturated heterocycles. The van der Waals surface area contributed by atoms with Crippen LogP contribution in [-0.4, -0.2) is 30.3 Å². The summed E-state index contributed by atoms with van der Waals surface area (Å²) in [5, 5.41) is 12.7. The van der Waals surface area contributed by atoms with Gasteiger partial charge in [-0.1, -0.05) is 25.3 Å². The summed E-state index contributed by atoms with van der Waals surface area (Å²) >= 11 is 0. The molecule has 2 rings (SSSR count). The van der Waals surface area contributed by atoms with Crippen molar-refractivity contribution in [1.29, 1.82) is 0 Å². The highest BCUT2D eigenvalue weighted by Crippen LogP contribution is 2.23. The van der Waals surface area contributed by atoms with Crippen LogP contribution in [0, 0.1) is 5.82 Å². The number of amides is 1. The third kappa shape index (κ3) is 3.28. The Kier molecular flexibility index (Phi) is 4.95. The second-order valence-corrected chi connectivity index (χ2v) is 5.10. The van der Waals surface area contributed by atoms with Crippen LogP contribution in [0.5, 0.6) is 5.75 Å². The highest BCUT2D eigenvalue weighted by molar-refractivity contribution is 5.97. The van der Waals surface area contributed by atoms with Crippen LogP contribution in [0.15, 0.2) is 18.2 Å². The quantitative estimate of drug-likeness (QED) is 0.836. The molecule has 4 nitrogen and oxygen atoms in total. The number of hydrogen-bond acceptors (Lipinski definition) is 3. The van der Waals surface area contributed by atoms with Crippen molar-refractivity contribution in [3.63, 3.8) is 0 Å². The van der Waals surface area contributed by atoms with Gasteiger partial charge in [-0.15, -0.1) is 0 Å². The minimum Gasteiger partial charge on any atom is -0.496 e. The Morgan fingerprint density at radius 3 is 2.85 bits per heavy atom. The molecule has 1 aromatic carbocycles. The number of methoxy groups -OCH3 is 1. The lowest BCUT2D eigenvalue weighted by molar-refractivity contribution is 0.0812. The van der Waals surface area contributed by atoms with Gasteiger partial charge in [0.05, 0.1) is 19.3 Å². The fourth-order valence-electron chi connectivity index (χ4n) is 2.59. The summed E-state index contributed by atoms with van der Waals surface area (Å²) in [6.45, 7) is 0. The second kappa shape index (κ2) is 6.70. The molecule has 0 aliphatic heterocycles. The van der Waals surface area contributed by atoms with E-state index in [0.717, 1.165) is 19.3 Å². The Morgan fingerprint density at radius 2 is 2.10 bits per heavy atom. The minimum atomic E-state index is -0.620. The van der Waals surface area contributed by atoms with Crippen molar-refractivity contribution in [3.8, 4) is 5.75 Å². The molecule has 0 radical (unpaired) electrons. The van der Waals surface area contributed by atoms with Gasteiger partial charge in [0.2, 0.25) is 0 Å². The molecule has 0 heterocycles. The Labute approximate surface area is 117 Å². The molecule has 2 atom stereocenters. The lowest BCUT2D eigenvalue weighted by Gasteiger charge is -2.22. The summed E-state index contributed by atoms with van der Waals surface area (Å²) in [6.07, 6.45) is 3.77. The van der Waals surface area contributed by atoms with E-state index in [1.807, 2.05) is 0 Å². The van der Waals surface area contributed by atoms with Crippen LogP contribution >= 0.6 is 0 Å². The van der Waals surface area contributed by atoms with E-state index in [2.05, 4.69) is 5.32 Å². The van der Waals surface area contributed by atoms with Crippen LogP contribution in [-0.2, 0) is 0 Å². The molecule has 1 saturated carbocycles. The third-order valence-electron chi connectivity index (χ3n) is 3.72. The van der Waals surface area contributed by atoms with E-state index in [4.69, 9.17) is 4.74 Å². The fourth-order valence-corrected chi connectivity index (χ4v) is 2.59. The van der Waals surface area contributed by atoms with E-state index in [0.29, 0.717) is 12.8 Å². The molecule has 1 fully saturated rings. The van der Waals surface area contributed by atoms with Crippen LogP contribution < -0.4 is 10.1 Å². The van der Waals surface area contributed by atoms with E-state index in [1.54, 1.807) is 6.07 Å². The SMILES string of the molecule is COc1cccc(F)c1C(=O)NC1CCCCCC1O. The van der Waals surface area contributed by atoms with E-state index in [1.165, 1.54) is 19.2 Å². The van der Waals surface area contributed by atoms with E-state index in [9.17, 15) is 14.3 Å². The highest BCUT2D eigenvalue weighted by atomic mass is 19.1. The molecule has 5 heteroatoms. The predicted molar refractivity (Wildman–Crippen MR) is 73.3 cm³/mol. The topological polar surface area (TPSA) is 58.6 Å². The monoisotopic (exact) mass is 281 g/mol. The molecule has 2 unspecified atom stereocenters. The second-order valence-electron chi connectivity index (χ2n) is 5.10. The fraction of sp³-hybridized carbons (Fsp3) is 0.533. The van der Waals surface area contributed by atoms with Gasteiger partial charge in [0.1, 0.15) is 17.1 Å². The summed E-state index contributed by atoms with van der Waals surface area (Å²) in [6, 6.07) is 3.93. The van der Waals surface area contributed by atoms with Crippen LogP contribution in [0.25, 0.3) is 0 Å². The zero-order valence-electron chi connectivity index (χ0n) is 11.6. The molecule has 1 aliphatic carbocycles. The van der Waals surface area contributed by atoms with Crippen LogP contribution in [0.1, 0.15) is 42.5 Å². The number of nitrogens with one attached hydrogen (secondary N) is 1. The number of halogens is 1. The molecule has 110 valence electrons. The average molecular weight is 281 g/mol. The van der Waals surface area contributed by atoms with Gasteiger partial charge >= 0.3 is 0 Å². The lowest BCUT2D eigenvalue weighted by atomic mass is 10.0. The van der Waals surface area contributed by atoms with Crippen molar-refractivity contribution in [2.75, 3.05) is 7.11 Å². The zero-order chi connectivity index (χ0) is 14.5. The molecule has 1 aromatic rings. The number of aliphatic hydroxyl groups excluding tert-OH is 1. The standard InChI is InChI=1S/C15H20FNO3/c1-20-13-9-5-6-10(16)14(13)15(19)17-11-7-3-2-4-8-12(11)18/h5-6,9,11-12,18H,2-4,7-8H2,1H3,(H,17,19). The first kappa shape index (κ1) is 14.8. The van der Waals surface area contributed by atoms with Crippen molar-refractivity contribution in [2.24, 2.45) is 0 Å². The van der Waals surface area contributed by atoms with Crippen LogP contribution in [0.4, 0.5) is 4.39 Å². The first-order chi connectivity index (χ1) is 9.63. The summed E-state index contributed by atoms with van der Waals surface area (Å²) in [5.74, 6) is -0.957. The number of carbonyl (C=O) groups excluding carboxylic acids is 1. The maximum atomic E-state index is 13.8. The van der Waals surface area contributed by atoms with Crippen LogP contribution in [0.2, 0.25) is 0 Å². The van der Waals surface area contributed by atoms with Gasteiger partial charge < -0.3 is 15.2 Å². The van der Waals surface area contributed by atoms with Gasteiger partial charge in [-0.05, 0) is 25.0 Å². The van der Waals surface area contributed by atoms with Crippen LogP contribution in [0.3, 0.4) is 0 Å². The minimum absolute atomic E-state index is 0.105. The Bertz CT molecular complexity index is 478. The Morgan fingerprint density at radius 1 is 1.35 bits per heavy atom. The molecular weight excluding hydrogens is 261 g/mol. The molecule has 0 spiro atoms. The van der Waals surface area contributed by atoms with Gasteiger partial charge in [0.25, 0.3) is 5.91 Å². The van der Waals surface area contributed by atoms with E-state index < -0.39 is 17.8 Å². The van der Waals surface area contributed by atoms with Crippen molar-refractivity contribution in [2.45, 2.75) is 44.2 Å². The molecule has 2 N–H and O–H groups in total. The van der Waals surface area contributed by atoms with Crippen molar-refractivity contribution in [3.05, 3.63) is 29.6 Å². The van der Waals surface area contributed by atoms with Crippen molar-refractivity contribution >= 4 is 5.91 Å². The molecule has 1 aliphatic rings. The number of carbonyl (C=O) groups is 1. The van der Waals surface area contributed by atoms with Crippen molar-refractivity contribution in [1.82, 2.24) is 5.32 Å². The molecule has 0 bridgehead atoms. The first-order valence-electron chi connectivity index (χ1n) is 6.95. The van der Waals surface area contributed by atoms with Gasteiger partial charge in [-0.3, -0.25) is 4.79 Å². The van der Waals surface area contributed by atoms with E-state index in [-0.39, 0.29) is 17.4 Å². The Balaban J connectivity index is 2.15. The number of benzene rings is 1. The maximum Gasteiger partial charge on any atom is 0.258 e. The molecule has 0 aromatic heterocycles. The number of aliphatic hydroxyl groups is 1. The lowest BCUT2D eigenvalue weighted by Crippen LogP contribution is -2.43. The largest absolute Gasteiger partial charge is 0.496 e. The molecule has 20 heavy (non-hydrogen) atoms.